The molecule has 126 valence electrons. The number of alkyl carbamates (subject to hydrolysis) is 1. The van der Waals surface area contributed by atoms with Crippen LogP contribution in [0.1, 0.15) is 46.5 Å². The number of carboxylic acids is 1. The zero-order chi connectivity index (χ0) is 17.0. The molecule has 2 saturated carbocycles. The van der Waals surface area contributed by atoms with Crippen LogP contribution in [0.3, 0.4) is 0 Å². The molecule has 0 aliphatic heterocycles. The Bertz CT molecular complexity index is 481. The number of amides is 1. The highest BCUT2D eigenvalue weighted by Gasteiger charge is 2.71. The number of halogens is 3. The van der Waals surface area contributed by atoms with Gasteiger partial charge in [0.2, 0.25) is 0 Å². The van der Waals surface area contributed by atoms with E-state index in [1.807, 2.05) is 5.32 Å². The van der Waals surface area contributed by atoms with E-state index in [0.29, 0.717) is 0 Å². The van der Waals surface area contributed by atoms with Crippen LogP contribution in [0.25, 0.3) is 0 Å². The first-order chi connectivity index (χ1) is 9.78. The Labute approximate surface area is 126 Å². The highest BCUT2D eigenvalue weighted by atomic mass is 19.4. The molecule has 0 atom stereocenters. The second-order valence-corrected chi connectivity index (χ2v) is 7.50. The van der Waals surface area contributed by atoms with Gasteiger partial charge in [-0.05, 0) is 51.9 Å². The van der Waals surface area contributed by atoms with Crippen LogP contribution in [0.2, 0.25) is 0 Å². The van der Waals surface area contributed by atoms with Crippen molar-refractivity contribution in [2.45, 2.75) is 63.8 Å². The highest BCUT2D eigenvalue weighted by Crippen LogP contribution is 2.66. The number of aliphatic carboxylic acids is 1. The number of alkyl halides is 3. The molecule has 8 heteroatoms. The molecule has 5 nitrogen and oxygen atoms in total. The molecule has 1 amide bonds. The molecule has 0 radical (unpaired) electrons. The van der Waals surface area contributed by atoms with E-state index in [1.165, 1.54) is 0 Å². The van der Waals surface area contributed by atoms with Gasteiger partial charge in [0, 0.05) is 0 Å². The summed E-state index contributed by atoms with van der Waals surface area (Å²) in [5.74, 6) is -1.55. The van der Waals surface area contributed by atoms with Gasteiger partial charge in [-0.3, -0.25) is 4.79 Å². The molecule has 1 spiro atoms. The average Bonchev–Trinajstić information content (AvgIpc) is 2.13. The summed E-state index contributed by atoms with van der Waals surface area (Å²) in [6.07, 6.45) is -5.80. The fourth-order valence-electron chi connectivity index (χ4n) is 3.54. The molecule has 2 aliphatic carbocycles. The van der Waals surface area contributed by atoms with Crippen molar-refractivity contribution in [3.05, 3.63) is 0 Å². The van der Waals surface area contributed by atoms with Gasteiger partial charge in [0.15, 0.2) is 0 Å². The smallest absolute Gasteiger partial charge is 0.411 e. The van der Waals surface area contributed by atoms with E-state index < -0.39 is 40.7 Å². The first-order valence-corrected chi connectivity index (χ1v) is 7.08. The van der Waals surface area contributed by atoms with Crippen LogP contribution in [-0.2, 0) is 9.53 Å². The third-order valence-corrected chi connectivity index (χ3v) is 4.34. The molecule has 2 fully saturated rings. The lowest BCUT2D eigenvalue weighted by Crippen LogP contribution is -2.72. The van der Waals surface area contributed by atoms with Gasteiger partial charge in [-0.1, -0.05) is 0 Å². The third-order valence-electron chi connectivity index (χ3n) is 4.34. The van der Waals surface area contributed by atoms with Gasteiger partial charge in [-0.2, -0.15) is 13.2 Å². The third kappa shape index (κ3) is 3.01. The lowest BCUT2D eigenvalue weighted by Gasteiger charge is -2.62. The summed E-state index contributed by atoms with van der Waals surface area (Å²) in [7, 11) is 0. The number of rotatable bonds is 2. The summed E-state index contributed by atoms with van der Waals surface area (Å²) < 4.78 is 44.9. The minimum absolute atomic E-state index is 0.232. The molecular formula is C14H20F3NO4. The molecule has 0 aromatic rings. The summed E-state index contributed by atoms with van der Waals surface area (Å²) >= 11 is 0. The van der Waals surface area contributed by atoms with E-state index in [0.717, 1.165) is 0 Å². The van der Waals surface area contributed by atoms with Crippen molar-refractivity contribution in [1.82, 2.24) is 5.32 Å². The van der Waals surface area contributed by atoms with E-state index in [1.54, 1.807) is 20.8 Å². The van der Waals surface area contributed by atoms with E-state index in [2.05, 4.69) is 0 Å². The predicted molar refractivity (Wildman–Crippen MR) is 70.2 cm³/mol. The van der Waals surface area contributed by atoms with Crippen molar-refractivity contribution in [1.29, 1.82) is 0 Å². The van der Waals surface area contributed by atoms with Crippen LogP contribution in [-0.4, -0.2) is 34.5 Å². The average molecular weight is 323 g/mol. The summed E-state index contributed by atoms with van der Waals surface area (Å²) in [5.41, 5.74) is -3.81. The van der Waals surface area contributed by atoms with Gasteiger partial charge in [-0.25, -0.2) is 4.79 Å². The molecule has 2 rings (SSSR count). The van der Waals surface area contributed by atoms with Crippen molar-refractivity contribution < 1.29 is 32.6 Å². The van der Waals surface area contributed by atoms with Crippen molar-refractivity contribution in [3.8, 4) is 0 Å². The Morgan fingerprint density at radius 2 is 1.68 bits per heavy atom. The van der Waals surface area contributed by atoms with Crippen LogP contribution in [0.5, 0.6) is 0 Å². The maximum Gasteiger partial charge on any atom is 0.411 e. The molecule has 0 unspecified atom stereocenters. The van der Waals surface area contributed by atoms with Crippen molar-refractivity contribution >= 4 is 12.1 Å². The monoisotopic (exact) mass is 323 g/mol. The molecule has 22 heavy (non-hydrogen) atoms. The quantitative estimate of drug-likeness (QED) is 0.819. The molecule has 2 aliphatic rings. The van der Waals surface area contributed by atoms with Crippen molar-refractivity contribution in [2.24, 2.45) is 11.3 Å². The highest BCUT2D eigenvalue weighted by molar-refractivity contribution is 5.72. The minimum atomic E-state index is -4.59. The first-order valence-electron chi connectivity index (χ1n) is 7.08. The van der Waals surface area contributed by atoms with E-state index in [-0.39, 0.29) is 25.7 Å². The Hall–Kier alpha value is -1.47. The fourth-order valence-corrected chi connectivity index (χ4v) is 3.54. The van der Waals surface area contributed by atoms with Crippen LogP contribution in [0, 0.1) is 11.3 Å². The van der Waals surface area contributed by atoms with Crippen LogP contribution in [0.15, 0.2) is 0 Å². The maximum absolute atomic E-state index is 13.3. The number of carbonyl (C=O) groups excluding carboxylic acids is 1. The number of hydrogen-bond acceptors (Lipinski definition) is 3. The number of carbonyl (C=O) groups is 2. The Balaban J connectivity index is 2.02. The summed E-state index contributed by atoms with van der Waals surface area (Å²) in [5, 5.41) is 10.8. The molecule has 0 bridgehead atoms. The standard InChI is InChI=1S/C14H20F3NO4/c1-11(2,3)22-10(21)18-13(14(15,16)17)6-12(7-13)4-8(5-12)9(19)20/h8H,4-7H2,1-3H3,(H,18,21)(H,19,20). The van der Waals surface area contributed by atoms with Gasteiger partial charge < -0.3 is 15.2 Å². The first kappa shape index (κ1) is 16.9. The van der Waals surface area contributed by atoms with Crippen LogP contribution in [0.4, 0.5) is 18.0 Å². The lowest BCUT2D eigenvalue weighted by molar-refractivity contribution is -0.263. The Morgan fingerprint density at radius 3 is 2.05 bits per heavy atom. The molecule has 0 saturated heterocycles. The fraction of sp³-hybridized carbons (Fsp3) is 0.857. The Kier molecular flexibility index (Phi) is 3.66. The van der Waals surface area contributed by atoms with E-state index in [4.69, 9.17) is 9.84 Å². The van der Waals surface area contributed by atoms with Gasteiger partial charge >= 0.3 is 18.2 Å². The van der Waals surface area contributed by atoms with Gasteiger partial charge in [0.05, 0.1) is 5.92 Å². The second kappa shape index (κ2) is 4.76. The number of nitrogens with one attached hydrogen (secondary N) is 1. The second-order valence-electron chi connectivity index (χ2n) is 7.50. The predicted octanol–water partition coefficient (Wildman–Crippen LogP) is 3.09. The van der Waals surface area contributed by atoms with Crippen LogP contribution >= 0.6 is 0 Å². The SMILES string of the molecule is CC(C)(C)OC(=O)NC1(C(F)(F)F)CC2(CC(C(=O)O)C2)C1. The molecule has 0 aromatic heterocycles. The van der Waals surface area contributed by atoms with E-state index >= 15 is 0 Å². The zero-order valence-corrected chi connectivity index (χ0v) is 12.7. The van der Waals surface area contributed by atoms with Gasteiger partial charge in [-0.15, -0.1) is 0 Å². The zero-order valence-electron chi connectivity index (χ0n) is 12.7. The summed E-state index contributed by atoms with van der Waals surface area (Å²) in [6.45, 7) is 4.70. The molecule has 0 heterocycles. The molecule has 0 aromatic carbocycles. The number of ether oxygens (including phenoxy) is 1. The maximum atomic E-state index is 13.3. The van der Waals surface area contributed by atoms with E-state index in [9.17, 15) is 22.8 Å². The largest absolute Gasteiger partial charge is 0.481 e. The molecule has 2 N–H and O–H groups in total. The number of carboxylic acid groups (broad SMARTS) is 1. The van der Waals surface area contributed by atoms with Crippen molar-refractivity contribution in [2.75, 3.05) is 0 Å². The summed E-state index contributed by atoms with van der Waals surface area (Å²) in [6, 6.07) is 0. The van der Waals surface area contributed by atoms with Gasteiger partial charge in [0.1, 0.15) is 11.1 Å². The topological polar surface area (TPSA) is 75.6 Å². The lowest BCUT2D eigenvalue weighted by atomic mass is 9.45. The summed E-state index contributed by atoms with van der Waals surface area (Å²) in [4.78, 5) is 22.5. The molecular weight excluding hydrogens is 303 g/mol. The van der Waals surface area contributed by atoms with Crippen molar-refractivity contribution in [3.63, 3.8) is 0 Å². The number of hydrogen-bond donors (Lipinski definition) is 2. The Morgan fingerprint density at radius 1 is 1.18 bits per heavy atom. The van der Waals surface area contributed by atoms with Gasteiger partial charge in [0.25, 0.3) is 0 Å². The minimum Gasteiger partial charge on any atom is -0.481 e. The normalized spacial score (nSPS) is 34.5. The van der Waals surface area contributed by atoms with Crippen LogP contribution < -0.4 is 5.32 Å².